The summed E-state index contributed by atoms with van der Waals surface area (Å²) in [5.41, 5.74) is 10.2. The van der Waals surface area contributed by atoms with Crippen molar-refractivity contribution < 1.29 is 0 Å². The lowest BCUT2D eigenvalue weighted by Crippen LogP contribution is -2.19. The van der Waals surface area contributed by atoms with E-state index in [1.165, 1.54) is 23.2 Å². The number of rotatable bonds is 2. The van der Waals surface area contributed by atoms with Crippen LogP contribution >= 0.6 is 0 Å². The summed E-state index contributed by atoms with van der Waals surface area (Å²) in [7, 11) is 0. The largest absolute Gasteiger partial charge is 0.344 e. The molecule has 2 unspecified atom stereocenters. The van der Waals surface area contributed by atoms with Crippen LogP contribution in [0.15, 0.2) is 36.8 Å². The molecule has 0 aliphatic heterocycles. The molecule has 2 heterocycles. The fourth-order valence-electron chi connectivity index (χ4n) is 2.90. The lowest BCUT2D eigenvalue weighted by atomic mass is 9.93. The maximum atomic E-state index is 6.17. The van der Waals surface area contributed by atoms with Crippen molar-refractivity contribution in [2.24, 2.45) is 5.73 Å². The third kappa shape index (κ3) is 1.85. The van der Waals surface area contributed by atoms with Crippen LogP contribution in [0.3, 0.4) is 0 Å². The van der Waals surface area contributed by atoms with Gasteiger partial charge < -0.3 is 10.3 Å². The van der Waals surface area contributed by atoms with Crippen molar-refractivity contribution in [3.05, 3.63) is 53.6 Å². The predicted molar refractivity (Wildman–Crippen MR) is 72.3 cm³/mol. The zero-order valence-corrected chi connectivity index (χ0v) is 10.7. The van der Waals surface area contributed by atoms with Gasteiger partial charge in [-0.05, 0) is 49.4 Å². The number of nitrogens with zero attached hydrogens (tertiary/aromatic N) is 2. The van der Waals surface area contributed by atoms with Gasteiger partial charge in [-0.2, -0.15) is 0 Å². The van der Waals surface area contributed by atoms with Crippen LogP contribution in [0.1, 0.15) is 48.7 Å². The highest BCUT2D eigenvalue weighted by molar-refractivity contribution is 5.30. The van der Waals surface area contributed by atoms with Crippen molar-refractivity contribution in [2.45, 2.75) is 38.3 Å². The van der Waals surface area contributed by atoms with Crippen LogP contribution in [0, 0.1) is 0 Å². The molecule has 0 bridgehead atoms. The molecule has 0 aromatic carbocycles. The van der Waals surface area contributed by atoms with Crippen LogP contribution in [0.2, 0.25) is 0 Å². The molecular weight excluding hydrogens is 222 g/mol. The summed E-state index contributed by atoms with van der Waals surface area (Å²) in [6, 6.07) is 6.86. The Labute approximate surface area is 108 Å². The molecule has 0 spiro atoms. The van der Waals surface area contributed by atoms with Gasteiger partial charge in [0.15, 0.2) is 0 Å². The summed E-state index contributed by atoms with van der Waals surface area (Å²) in [5, 5.41) is 0. The Morgan fingerprint density at radius 1 is 1.44 bits per heavy atom. The third-order valence-corrected chi connectivity index (χ3v) is 3.97. The van der Waals surface area contributed by atoms with E-state index in [4.69, 9.17) is 5.73 Å². The first-order chi connectivity index (χ1) is 8.77. The number of nitrogens with two attached hydrogens (primary N) is 1. The van der Waals surface area contributed by atoms with Crippen LogP contribution < -0.4 is 5.73 Å². The molecule has 0 saturated carbocycles. The summed E-state index contributed by atoms with van der Waals surface area (Å²) < 4.78 is 2.35. The fraction of sp³-hybridized carbons (Fsp3) is 0.400. The number of hydrogen-bond acceptors (Lipinski definition) is 2. The average Bonchev–Trinajstić information content (AvgIpc) is 2.84. The molecule has 2 aromatic rings. The quantitative estimate of drug-likeness (QED) is 0.878. The average molecular weight is 241 g/mol. The molecule has 2 aromatic heterocycles. The first-order valence-electron chi connectivity index (χ1n) is 6.62. The zero-order valence-electron chi connectivity index (χ0n) is 10.7. The van der Waals surface area contributed by atoms with Crippen LogP contribution in [-0.2, 0) is 6.42 Å². The van der Waals surface area contributed by atoms with Gasteiger partial charge in [0.25, 0.3) is 0 Å². The van der Waals surface area contributed by atoms with Gasteiger partial charge in [-0.1, -0.05) is 6.07 Å². The number of aromatic nitrogens is 2. The van der Waals surface area contributed by atoms with E-state index < -0.39 is 0 Å². The number of fused-ring (bicyclic) bond motifs is 1. The smallest absolute Gasteiger partial charge is 0.0569 e. The lowest BCUT2D eigenvalue weighted by molar-refractivity contribution is 0.525. The summed E-state index contributed by atoms with van der Waals surface area (Å²) in [6.45, 7) is 2.22. The first kappa shape index (κ1) is 11.5. The van der Waals surface area contributed by atoms with E-state index in [2.05, 4.69) is 34.8 Å². The molecule has 0 radical (unpaired) electrons. The second-order valence-corrected chi connectivity index (χ2v) is 5.09. The van der Waals surface area contributed by atoms with Gasteiger partial charge in [0.2, 0.25) is 0 Å². The highest BCUT2D eigenvalue weighted by Crippen LogP contribution is 2.32. The van der Waals surface area contributed by atoms with E-state index in [9.17, 15) is 0 Å². The van der Waals surface area contributed by atoms with Crippen LogP contribution in [0.4, 0.5) is 0 Å². The summed E-state index contributed by atoms with van der Waals surface area (Å²) in [5.74, 6) is 0. The molecule has 3 heteroatoms. The molecule has 1 aliphatic carbocycles. The predicted octanol–water partition coefficient (Wildman–Crippen LogP) is 2.83. The Bertz CT molecular complexity index is 530. The summed E-state index contributed by atoms with van der Waals surface area (Å²) in [4.78, 5) is 4.20. The molecule has 0 saturated heterocycles. The normalized spacial score (nSPS) is 20.4. The van der Waals surface area contributed by atoms with Gasteiger partial charge in [-0.25, -0.2) is 0 Å². The molecular formula is C15H19N3. The van der Waals surface area contributed by atoms with E-state index in [0.29, 0.717) is 6.04 Å². The van der Waals surface area contributed by atoms with Crippen molar-refractivity contribution in [3.63, 3.8) is 0 Å². The van der Waals surface area contributed by atoms with Gasteiger partial charge in [0.05, 0.1) is 6.04 Å². The minimum atomic E-state index is 0.219. The topological polar surface area (TPSA) is 43.8 Å². The molecule has 2 N–H and O–H groups in total. The Hall–Kier alpha value is -1.61. The third-order valence-electron chi connectivity index (χ3n) is 3.97. The molecule has 0 fully saturated rings. The molecule has 3 rings (SSSR count). The minimum Gasteiger partial charge on any atom is -0.344 e. The lowest BCUT2D eigenvalue weighted by Gasteiger charge is -2.24. The van der Waals surface area contributed by atoms with Gasteiger partial charge in [0, 0.05) is 30.3 Å². The Morgan fingerprint density at radius 3 is 3.11 bits per heavy atom. The van der Waals surface area contributed by atoms with Crippen molar-refractivity contribution in [1.29, 1.82) is 0 Å². The van der Waals surface area contributed by atoms with Gasteiger partial charge >= 0.3 is 0 Å². The standard InChI is InChI=1S/C15H19N3/c1-11(12-4-3-8-17-10-12)18-9-7-13-14(16)5-2-6-15(13)18/h3-4,7-11,14H,2,5-6,16H2,1H3. The second kappa shape index (κ2) is 4.58. The Morgan fingerprint density at radius 2 is 2.33 bits per heavy atom. The van der Waals surface area contributed by atoms with Crippen LogP contribution in [0.25, 0.3) is 0 Å². The monoisotopic (exact) mass is 241 g/mol. The Balaban J connectivity index is 1.98. The van der Waals surface area contributed by atoms with Gasteiger partial charge in [0.1, 0.15) is 0 Å². The van der Waals surface area contributed by atoms with Crippen molar-refractivity contribution in [3.8, 4) is 0 Å². The molecule has 1 aliphatic rings. The molecule has 2 atom stereocenters. The fourth-order valence-corrected chi connectivity index (χ4v) is 2.90. The molecule has 0 amide bonds. The SMILES string of the molecule is CC(c1cccnc1)n1ccc2c1CCCC2N. The van der Waals surface area contributed by atoms with Crippen LogP contribution in [-0.4, -0.2) is 9.55 Å². The molecule has 18 heavy (non-hydrogen) atoms. The number of pyridine rings is 1. The van der Waals surface area contributed by atoms with Crippen molar-refractivity contribution in [2.75, 3.05) is 0 Å². The van der Waals surface area contributed by atoms with Crippen molar-refractivity contribution in [1.82, 2.24) is 9.55 Å². The van der Waals surface area contributed by atoms with E-state index in [1.807, 2.05) is 18.5 Å². The highest BCUT2D eigenvalue weighted by atomic mass is 15.0. The van der Waals surface area contributed by atoms with E-state index in [0.717, 1.165) is 12.8 Å². The van der Waals surface area contributed by atoms with Gasteiger partial charge in [-0.15, -0.1) is 0 Å². The maximum Gasteiger partial charge on any atom is 0.0569 e. The summed E-state index contributed by atoms with van der Waals surface area (Å²) >= 11 is 0. The first-order valence-corrected chi connectivity index (χ1v) is 6.62. The second-order valence-electron chi connectivity index (χ2n) is 5.09. The maximum absolute atomic E-state index is 6.17. The van der Waals surface area contributed by atoms with E-state index >= 15 is 0 Å². The van der Waals surface area contributed by atoms with E-state index in [-0.39, 0.29) is 6.04 Å². The molecule has 94 valence electrons. The van der Waals surface area contributed by atoms with Crippen LogP contribution in [0.5, 0.6) is 0 Å². The van der Waals surface area contributed by atoms with Crippen molar-refractivity contribution >= 4 is 0 Å². The van der Waals surface area contributed by atoms with E-state index in [1.54, 1.807) is 0 Å². The van der Waals surface area contributed by atoms with Gasteiger partial charge in [-0.3, -0.25) is 4.98 Å². The highest BCUT2D eigenvalue weighted by Gasteiger charge is 2.22. The minimum absolute atomic E-state index is 0.219. The zero-order chi connectivity index (χ0) is 12.5. The number of hydrogen-bond donors (Lipinski definition) is 1. The summed E-state index contributed by atoms with van der Waals surface area (Å²) in [6.07, 6.45) is 9.38. The molecule has 3 nitrogen and oxygen atoms in total. The Kier molecular flexibility index (Phi) is 2.92.